The van der Waals surface area contributed by atoms with Gasteiger partial charge in [0.2, 0.25) is 0 Å². The maximum atomic E-state index is 10.3. The second-order valence-electron chi connectivity index (χ2n) is 2.52. The molecule has 0 aromatic heterocycles. The number of hydrogen-bond acceptors (Lipinski definition) is 2. The topological polar surface area (TPSA) is 34.1 Å². The first kappa shape index (κ1) is 14.4. The van der Waals surface area contributed by atoms with Gasteiger partial charge in [-0.15, -0.1) is 6.07 Å². The molecule has 0 heterocycles. The van der Waals surface area contributed by atoms with E-state index >= 15 is 0 Å². The zero-order valence-electron chi connectivity index (χ0n) is 7.79. The van der Waals surface area contributed by atoms with Gasteiger partial charge >= 0.3 is 16.9 Å². The average Bonchev–Trinajstić information content (AvgIpc) is 2.91. The molecule has 0 saturated carbocycles. The maximum Gasteiger partial charge on any atom is 0.340 e. The van der Waals surface area contributed by atoms with E-state index < -0.39 is 16.9 Å². The van der Waals surface area contributed by atoms with Gasteiger partial charge in [0.1, 0.15) is 10.6 Å². The number of rotatable bonds is 2. The molecule has 84 valence electrons. The maximum absolute atomic E-state index is 10.3. The second-order valence-corrected chi connectivity index (χ2v) is 4.01. The molecule has 2 rings (SSSR count). The molecule has 0 fully saturated rings. The molecule has 0 radical (unpaired) electrons. The Hall–Kier alpha value is -0.581. The van der Waals surface area contributed by atoms with Crippen molar-refractivity contribution in [2.45, 2.75) is 0 Å². The van der Waals surface area contributed by atoms with Crippen molar-refractivity contribution in [3.8, 4) is 0 Å². The third-order valence-electron chi connectivity index (χ3n) is 1.59. The molecule has 2 unspecified atom stereocenters. The summed E-state index contributed by atoms with van der Waals surface area (Å²) < 4.78 is 20.5. The Morgan fingerprint density at radius 3 is 1.93 bits per heavy atom. The van der Waals surface area contributed by atoms with Crippen molar-refractivity contribution in [3.05, 3.63) is 48.5 Å². The summed E-state index contributed by atoms with van der Waals surface area (Å²) in [5.74, 6) is 0. The Morgan fingerprint density at radius 1 is 1.07 bits per heavy atom. The Labute approximate surface area is 102 Å². The first-order chi connectivity index (χ1) is 6.88. The van der Waals surface area contributed by atoms with Crippen LogP contribution in [-0.4, -0.2) is 0 Å². The normalized spacial score (nSPS) is 9.07. The van der Waals surface area contributed by atoms with Crippen LogP contribution in [0.5, 0.6) is 0 Å². The minimum Gasteiger partial charge on any atom is -0.748 e. The summed E-state index contributed by atoms with van der Waals surface area (Å²) in [7, 11) is -0.966. The van der Waals surface area contributed by atoms with E-state index in [4.69, 9.17) is 0 Å². The molecule has 0 spiro atoms. The standard InChI is InChI=1S/C5H4O2P2.C5H5.Fe/c6-8-4-2-1-3-5(4)9-7;1-2-4-5-3-1;/h1-3,8H;1-5H;/q;-5;/p+1. The van der Waals surface area contributed by atoms with E-state index in [0.717, 1.165) is 0 Å². The predicted octanol–water partition coefficient (Wildman–Crippen LogP) is 2.11. The van der Waals surface area contributed by atoms with Crippen LogP contribution in [-0.2, 0) is 26.2 Å². The van der Waals surface area contributed by atoms with Crippen LogP contribution in [0.1, 0.15) is 0 Å². The van der Waals surface area contributed by atoms with Gasteiger partial charge in [0.25, 0.3) is 0 Å². The summed E-state index contributed by atoms with van der Waals surface area (Å²) in [6.45, 7) is 0. The predicted molar refractivity (Wildman–Crippen MR) is 61.3 cm³/mol. The number of hydrogen-bond donors (Lipinski definition) is 0. The summed E-state index contributed by atoms with van der Waals surface area (Å²) in [5.41, 5.74) is 0. The molecule has 0 bridgehead atoms. The van der Waals surface area contributed by atoms with E-state index in [1.807, 2.05) is 30.3 Å². The van der Waals surface area contributed by atoms with E-state index in [1.165, 1.54) is 0 Å². The van der Waals surface area contributed by atoms with Crippen molar-refractivity contribution < 1.29 is 26.2 Å². The molecule has 2 aromatic rings. The SMILES string of the molecule is O=[PH+]c1ccc[c-]1[PH+]=O.[Fe].[cH-]1[cH-][cH-][cH-][cH-]1. The molecule has 0 amide bonds. The first-order valence-corrected chi connectivity index (χ1v) is 5.89. The van der Waals surface area contributed by atoms with E-state index in [9.17, 15) is 9.13 Å². The van der Waals surface area contributed by atoms with Crippen molar-refractivity contribution in [3.63, 3.8) is 0 Å². The fraction of sp³-hybridized carbons (Fsp3) is 0. The van der Waals surface area contributed by atoms with Crippen molar-refractivity contribution in [1.29, 1.82) is 0 Å². The van der Waals surface area contributed by atoms with Gasteiger partial charge in [-0.05, 0) is 0 Å². The summed E-state index contributed by atoms with van der Waals surface area (Å²) in [4.78, 5) is 0. The molecule has 0 aliphatic rings. The van der Waals surface area contributed by atoms with Crippen LogP contribution in [0.3, 0.4) is 0 Å². The molecule has 2 nitrogen and oxygen atoms in total. The summed E-state index contributed by atoms with van der Waals surface area (Å²) >= 11 is 0. The molecular formula is C10H10FeO2P2-4. The Morgan fingerprint density at radius 2 is 1.60 bits per heavy atom. The van der Waals surface area contributed by atoms with Crippen LogP contribution in [0.2, 0.25) is 0 Å². The molecule has 0 N–H and O–H groups in total. The van der Waals surface area contributed by atoms with Crippen LogP contribution in [0.4, 0.5) is 0 Å². The van der Waals surface area contributed by atoms with Crippen molar-refractivity contribution in [2.75, 3.05) is 0 Å². The van der Waals surface area contributed by atoms with Crippen LogP contribution in [0.15, 0.2) is 48.5 Å². The molecular weight excluding hydrogens is 270 g/mol. The van der Waals surface area contributed by atoms with Crippen LogP contribution in [0, 0.1) is 0 Å². The molecule has 2 atom stereocenters. The Balaban J connectivity index is 0.000000280. The zero-order valence-corrected chi connectivity index (χ0v) is 10.9. The monoisotopic (exact) mass is 280 g/mol. The summed E-state index contributed by atoms with van der Waals surface area (Å²) in [6.07, 6.45) is 0. The quantitative estimate of drug-likeness (QED) is 0.479. The summed E-state index contributed by atoms with van der Waals surface area (Å²) in [6, 6.07) is 15.2. The largest absolute Gasteiger partial charge is 0.748 e. The van der Waals surface area contributed by atoms with Gasteiger partial charge in [0, 0.05) is 17.1 Å². The van der Waals surface area contributed by atoms with Crippen LogP contribution < -0.4 is 10.6 Å². The van der Waals surface area contributed by atoms with Crippen LogP contribution >= 0.6 is 16.9 Å². The third kappa shape index (κ3) is 5.16. The fourth-order valence-electron chi connectivity index (χ4n) is 0.919. The van der Waals surface area contributed by atoms with Crippen molar-refractivity contribution >= 4 is 27.5 Å². The molecule has 0 aliphatic carbocycles. The smallest absolute Gasteiger partial charge is 0.340 e. The Kier molecular flexibility index (Phi) is 8.37. The Bertz CT molecular complexity index is 342. The minimum atomic E-state index is -0.483. The van der Waals surface area contributed by atoms with Crippen LogP contribution in [0.25, 0.3) is 0 Å². The molecule has 0 aliphatic heterocycles. The third-order valence-corrected chi connectivity index (χ3v) is 3.15. The zero-order chi connectivity index (χ0) is 10.2. The van der Waals surface area contributed by atoms with Crippen molar-refractivity contribution in [2.24, 2.45) is 0 Å². The molecule has 5 heteroatoms. The van der Waals surface area contributed by atoms with E-state index in [2.05, 4.69) is 0 Å². The van der Waals surface area contributed by atoms with E-state index in [1.54, 1.807) is 18.2 Å². The first-order valence-electron chi connectivity index (χ1n) is 4.07. The van der Waals surface area contributed by atoms with E-state index in [0.29, 0.717) is 10.6 Å². The fourth-order valence-corrected chi connectivity index (χ4v) is 1.94. The van der Waals surface area contributed by atoms with E-state index in [-0.39, 0.29) is 17.1 Å². The second kappa shape index (κ2) is 8.71. The van der Waals surface area contributed by atoms with Crippen molar-refractivity contribution in [1.82, 2.24) is 0 Å². The molecule has 2 aromatic carbocycles. The van der Waals surface area contributed by atoms with Gasteiger partial charge in [0.05, 0.1) is 0 Å². The minimum absolute atomic E-state index is 0. The average molecular weight is 280 g/mol. The van der Waals surface area contributed by atoms with Gasteiger partial charge in [-0.2, -0.15) is 6.07 Å². The van der Waals surface area contributed by atoms with Gasteiger partial charge in [-0.25, -0.2) is 6.07 Å². The van der Waals surface area contributed by atoms with Gasteiger partial charge < -0.3 is 30.3 Å². The summed E-state index contributed by atoms with van der Waals surface area (Å²) in [5, 5.41) is 1.37. The molecule has 15 heavy (non-hydrogen) atoms. The van der Waals surface area contributed by atoms with Gasteiger partial charge in [-0.1, -0.05) is 9.13 Å². The van der Waals surface area contributed by atoms with Gasteiger partial charge in [-0.3, -0.25) is 0 Å². The molecule has 0 saturated heterocycles. The van der Waals surface area contributed by atoms with Gasteiger partial charge in [0.15, 0.2) is 0 Å².